The van der Waals surface area contributed by atoms with Gasteiger partial charge in [-0.1, -0.05) is 32.1 Å². The first kappa shape index (κ1) is 14.4. The lowest BCUT2D eigenvalue weighted by Gasteiger charge is -2.21. The van der Waals surface area contributed by atoms with Crippen LogP contribution < -0.4 is 0 Å². The number of ether oxygens (including phenoxy) is 1. The van der Waals surface area contributed by atoms with E-state index in [0.29, 0.717) is 26.0 Å². The van der Waals surface area contributed by atoms with Gasteiger partial charge in [0, 0.05) is 19.4 Å². The van der Waals surface area contributed by atoms with Gasteiger partial charge in [-0.15, -0.1) is 0 Å². The molecule has 1 aliphatic heterocycles. The van der Waals surface area contributed by atoms with Crippen molar-refractivity contribution in [3.05, 3.63) is 0 Å². The van der Waals surface area contributed by atoms with Gasteiger partial charge in [0.25, 0.3) is 0 Å². The Bertz CT molecular complexity index is 311. The topological polar surface area (TPSA) is 46.6 Å². The molecule has 2 aliphatic rings. The van der Waals surface area contributed by atoms with Crippen LogP contribution in [0.5, 0.6) is 0 Å². The van der Waals surface area contributed by atoms with Gasteiger partial charge in [0.15, 0.2) is 0 Å². The number of hydrogen-bond donors (Lipinski definition) is 0. The van der Waals surface area contributed by atoms with Crippen LogP contribution in [0.15, 0.2) is 0 Å². The highest BCUT2D eigenvalue weighted by molar-refractivity contribution is 5.78. The summed E-state index contributed by atoms with van der Waals surface area (Å²) < 4.78 is 5.21. The number of esters is 1. The van der Waals surface area contributed by atoms with Crippen molar-refractivity contribution in [1.29, 1.82) is 0 Å². The van der Waals surface area contributed by atoms with Gasteiger partial charge in [-0.3, -0.25) is 9.59 Å². The third kappa shape index (κ3) is 4.84. The summed E-state index contributed by atoms with van der Waals surface area (Å²) in [6.07, 6.45) is 9.63. The number of carbonyl (C=O) groups is 2. The highest BCUT2D eigenvalue weighted by Crippen LogP contribution is 2.27. The van der Waals surface area contributed by atoms with Crippen molar-refractivity contribution in [1.82, 2.24) is 4.90 Å². The standard InChI is InChI=1S/C15H25NO3/c17-14-7-4-10-16(14)11-12-19-15(18)9-8-13-5-2-1-3-6-13/h13H,1-12H2. The van der Waals surface area contributed by atoms with Crippen molar-refractivity contribution in [2.45, 2.75) is 57.8 Å². The van der Waals surface area contributed by atoms with Crippen LogP contribution in [0, 0.1) is 5.92 Å². The second kappa shape index (κ2) is 7.51. The van der Waals surface area contributed by atoms with E-state index in [1.165, 1.54) is 32.1 Å². The minimum absolute atomic E-state index is 0.0998. The van der Waals surface area contributed by atoms with E-state index in [1.807, 2.05) is 0 Å². The Morgan fingerprint density at radius 1 is 1.21 bits per heavy atom. The molecule has 4 heteroatoms. The summed E-state index contributed by atoms with van der Waals surface area (Å²) in [5, 5.41) is 0. The molecule has 4 nitrogen and oxygen atoms in total. The first-order chi connectivity index (χ1) is 9.25. The molecule has 2 rings (SSSR count). The van der Waals surface area contributed by atoms with E-state index >= 15 is 0 Å². The molecule has 1 heterocycles. The van der Waals surface area contributed by atoms with Crippen LogP contribution in [0.2, 0.25) is 0 Å². The third-order valence-corrected chi connectivity index (χ3v) is 4.28. The molecule has 0 bridgehead atoms. The van der Waals surface area contributed by atoms with Crippen molar-refractivity contribution in [2.75, 3.05) is 19.7 Å². The van der Waals surface area contributed by atoms with E-state index in [9.17, 15) is 9.59 Å². The number of nitrogens with zero attached hydrogens (tertiary/aromatic N) is 1. The molecule has 0 aromatic rings. The molecule has 0 aromatic carbocycles. The Morgan fingerprint density at radius 3 is 2.68 bits per heavy atom. The maximum absolute atomic E-state index is 11.6. The van der Waals surface area contributed by atoms with Gasteiger partial charge in [0.1, 0.15) is 6.61 Å². The highest BCUT2D eigenvalue weighted by atomic mass is 16.5. The smallest absolute Gasteiger partial charge is 0.305 e. The van der Waals surface area contributed by atoms with E-state index in [1.54, 1.807) is 4.90 Å². The van der Waals surface area contributed by atoms with Gasteiger partial charge in [0.2, 0.25) is 5.91 Å². The van der Waals surface area contributed by atoms with Crippen molar-refractivity contribution >= 4 is 11.9 Å². The molecule has 0 radical (unpaired) electrons. The van der Waals surface area contributed by atoms with Crippen molar-refractivity contribution in [3.63, 3.8) is 0 Å². The summed E-state index contributed by atoms with van der Waals surface area (Å²) in [6, 6.07) is 0. The fraction of sp³-hybridized carbons (Fsp3) is 0.867. The number of amides is 1. The van der Waals surface area contributed by atoms with E-state index < -0.39 is 0 Å². The monoisotopic (exact) mass is 267 g/mol. The van der Waals surface area contributed by atoms with Gasteiger partial charge >= 0.3 is 5.97 Å². The first-order valence-electron chi connectivity index (χ1n) is 7.69. The summed E-state index contributed by atoms with van der Waals surface area (Å²) in [5.74, 6) is 0.817. The van der Waals surface area contributed by atoms with Crippen LogP contribution in [0.3, 0.4) is 0 Å². The van der Waals surface area contributed by atoms with E-state index in [0.717, 1.165) is 25.3 Å². The minimum Gasteiger partial charge on any atom is -0.464 e. The van der Waals surface area contributed by atoms with Gasteiger partial charge in [0.05, 0.1) is 6.54 Å². The van der Waals surface area contributed by atoms with Crippen LogP contribution in [-0.2, 0) is 14.3 Å². The molecule has 1 saturated carbocycles. The Kier molecular flexibility index (Phi) is 5.67. The quantitative estimate of drug-likeness (QED) is 0.695. The van der Waals surface area contributed by atoms with Crippen LogP contribution in [-0.4, -0.2) is 36.5 Å². The Morgan fingerprint density at radius 2 is 2.00 bits per heavy atom. The number of hydrogen-bond acceptors (Lipinski definition) is 3. The molecule has 0 atom stereocenters. The number of carbonyl (C=O) groups excluding carboxylic acids is 2. The maximum atomic E-state index is 11.6. The zero-order valence-corrected chi connectivity index (χ0v) is 11.7. The first-order valence-corrected chi connectivity index (χ1v) is 7.69. The lowest BCUT2D eigenvalue weighted by Crippen LogP contribution is -2.29. The molecule has 0 N–H and O–H groups in total. The molecule has 2 fully saturated rings. The Balaban J connectivity index is 1.53. The summed E-state index contributed by atoms with van der Waals surface area (Å²) in [4.78, 5) is 24.8. The predicted octanol–water partition coefficient (Wildman–Crippen LogP) is 2.51. The minimum atomic E-state index is -0.0998. The highest BCUT2D eigenvalue weighted by Gasteiger charge is 2.20. The second-order valence-electron chi connectivity index (χ2n) is 5.75. The van der Waals surface area contributed by atoms with E-state index in [-0.39, 0.29) is 11.9 Å². The number of likely N-dealkylation sites (tertiary alicyclic amines) is 1. The molecule has 0 spiro atoms. The molecule has 108 valence electrons. The molecule has 0 unspecified atom stereocenters. The zero-order valence-electron chi connectivity index (χ0n) is 11.7. The average Bonchev–Trinajstić information content (AvgIpc) is 2.83. The van der Waals surface area contributed by atoms with Gasteiger partial charge < -0.3 is 9.64 Å². The zero-order chi connectivity index (χ0) is 13.5. The van der Waals surface area contributed by atoms with Gasteiger partial charge in [-0.2, -0.15) is 0 Å². The third-order valence-electron chi connectivity index (χ3n) is 4.28. The van der Waals surface area contributed by atoms with E-state index in [2.05, 4.69) is 0 Å². The van der Waals surface area contributed by atoms with Crippen LogP contribution in [0.1, 0.15) is 57.8 Å². The molecule has 1 amide bonds. The molecule has 1 aliphatic carbocycles. The Hall–Kier alpha value is -1.06. The maximum Gasteiger partial charge on any atom is 0.305 e. The van der Waals surface area contributed by atoms with Crippen LogP contribution in [0.25, 0.3) is 0 Å². The summed E-state index contributed by atoms with van der Waals surface area (Å²) in [7, 11) is 0. The van der Waals surface area contributed by atoms with Gasteiger partial charge in [-0.25, -0.2) is 0 Å². The average molecular weight is 267 g/mol. The number of rotatable bonds is 6. The summed E-state index contributed by atoms with van der Waals surface area (Å²) in [6.45, 7) is 1.74. The lowest BCUT2D eigenvalue weighted by molar-refractivity contribution is -0.145. The lowest BCUT2D eigenvalue weighted by atomic mass is 9.86. The van der Waals surface area contributed by atoms with E-state index in [4.69, 9.17) is 4.74 Å². The SMILES string of the molecule is O=C(CCC1CCCCC1)OCCN1CCCC1=O. The van der Waals surface area contributed by atoms with Crippen LogP contribution >= 0.6 is 0 Å². The van der Waals surface area contributed by atoms with Crippen molar-refractivity contribution in [2.24, 2.45) is 5.92 Å². The van der Waals surface area contributed by atoms with Crippen molar-refractivity contribution in [3.8, 4) is 0 Å². The molecule has 19 heavy (non-hydrogen) atoms. The summed E-state index contributed by atoms with van der Waals surface area (Å²) in [5.41, 5.74) is 0. The Labute approximate surface area is 115 Å². The largest absolute Gasteiger partial charge is 0.464 e. The summed E-state index contributed by atoms with van der Waals surface area (Å²) >= 11 is 0. The molecular formula is C15H25NO3. The van der Waals surface area contributed by atoms with Gasteiger partial charge in [-0.05, 0) is 18.8 Å². The predicted molar refractivity (Wildman–Crippen MR) is 72.6 cm³/mol. The molecule has 1 saturated heterocycles. The fourth-order valence-corrected chi connectivity index (χ4v) is 3.08. The van der Waals surface area contributed by atoms with Crippen molar-refractivity contribution < 1.29 is 14.3 Å². The normalized spacial score (nSPS) is 20.8. The molecule has 0 aromatic heterocycles. The van der Waals surface area contributed by atoms with Crippen LogP contribution in [0.4, 0.5) is 0 Å². The fourth-order valence-electron chi connectivity index (χ4n) is 3.08. The second-order valence-corrected chi connectivity index (χ2v) is 5.75. The molecular weight excluding hydrogens is 242 g/mol.